The van der Waals surface area contributed by atoms with Crippen molar-refractivity contribution in [2.45, 2.75) is 42.7 Å². The number of fused-ring (bicyclic) bond motifs is 1. The normalized spacial score (nSPS) is 27.3. The third-order valence-corrected chi connectivity index (χ3v) is 9.09. The minimum absolute atomic E-state index is 0.0516. The zero-order chi connectivity index (χ0) is 24.2. The van der Waals surface area contributed by atoms with Gasteiger partial charge in [0.05, 0.1) is 12.7 Å². The van der Waals surface area contributed by atoms with E-state index in [4.69, 9.17) is 9.47 Å². The molecule has 0 radical (unpaired) electrons. The van der Waals surface area contributed by atoms with Gasteiger partial charge in [-0.1, -0.05) is 18.2 Å². The van der Waals surface area contributed by atoms with Crippen LogP contribution in [0.3, 0.4) is 0 Å². The van der Waals surface area contributed by atoms with E-state index in [2.05, 4.69) is 50.9 Å². The SMILES string of the molecule is C=CCN1CC[C@@]2(c3cccc(OC)c3)C[C@@H](NC(=O)/C=C/c3cc(Br)cs3)CC[C@]2(OC)C1. The summed E-state index contributed by atoms with van der Waals surface area (Å²) in [6.45, 7) is 6.59. The molecule has 1 aliphatic carbocycles. The molecule has 1 amide bonds. The fraction of sp³-hybridized carbons (Fsp3) is 0.444. The van der Waals surface area contributed by atoms with Crippen LogP contribution in [0.15, 0.2) is 58.9 Å². The Bertz CT molecular complexity index is 1050. The highest BCUT2D eigenvalue weighted by atomic mass is 79.9. The number of nitrogens with one attached hydrogen (secondary N) is 1. The second-order valence-electron chi connectivity index (χ2n) is 9.24. The molecule has 1 aromatic heterocycles. The van der Waals surface area contributed by atoms with Gasteiger partial charge < -0.3 is 14.8 Å². The van der Waals surface area contributed by atoms with Crippen LogP contribution in [0, 0.1) is 0 Å². The Kier molecular flexibility index (Phi) is 7.97. The van der Waals surface area contributed by atoms with Gasteiger partial charge >= 0.3 is 0 Å². The number of thiophene rings is 1. The maximum Gasteiger partial charge on any atom is 0.244 e. The van der Waals surface area contributed by atoms with Gasteiger partial charge in [-0.05, 0) is 78.0 Å². The van der Waals surface area contributed by atoms with Crippen molar-refractivity contribution in [1.29, 1.82) is 0 Å². The number of rotatable bonds is 8. The highest BCUT2D eigenvalue weighted by molar-refractivity contribution is 9.10. The van der Waals surface area contributed by atoms with Crippen molar-refractivity contribution in [1.82, 2.24) is 10.2 Å². The fourth-order valence-corrected chi connectivity index (χ4v) is 7.13. The van der Waals surface area contributed by atoms with Gasteiger partial charge in [0, 0.05) is 52.5 Å². The molecule has 5 nitrogen and oxygen atoms in total. The van der Waals surface area contributed by atoms with E-state index in [-0.39, 0.29) is 23.0 Å². The lowest BCUT2D eigenvalue weighted by Gasteiger charge is -2.59. The second kappa shape index (κ2) is 10.8. The number of carbonyl (C=O) groups excluding carboxylic acids is 1. The van der Waals surface area contributed by atoms with Gasteiger partial charge in [0.25, 0.3) is 0 Å². The van der Waals surface area contributed by atoms with Crippen LogP contribution in [0.5, 0.6) is 5.75 Å². The number of ether oxygens (including phenoxy) is 2. The molecule has 182 valence electrons. The summed E-state index contributed by atoms with van der Waals surface area (Å²) >= 11 is 5.07. The van der Waals surface area contributed by atoms with Gasteiger partial charge in [-0.25, -0.2) is 0 Å². The Labute approximate surface area is 215 Å². The van der Waals surface area contributed by atoms with Crippen LogP contribution in [0.4, 0.5) is 0 Å². The Morgan fingerprint density at radius 1 is 1.35 bits per heavy atom. The summed E-state index contributed by atoms with van der Waals surface area (Å²) in [6, 6.07) is 10.5. The third-order valence-electron chi connectivity index (χ3n) is 7.43. The molecule has 2 heterocycles. The first-order valence-corrected chi connectivity index (χ1v) is 13.4. The highest BCUT2D eigenvalue weighted by Gasteiger charge is 2.58. The van der Waals surface area contributed by atoms with Crippen LogP contribution in [-0.4, -0.2) is 56.3 Å². The molecule has 0 spiro atoms. The van der Waals surface area contributed by atoms with Crippen LogP contribution in [0.1, 0.15) is 36.1 Å². The van der Waals surface area contributed by atoms with E-state index in [9.17, 15) is 4.79 Å². The maximum absolute atomic E-state index is 12.8. The summed E-state index contributed by atoms with van der Waals surface area (Å²) < 4.78 is 13.0. The molecule has 1 N–H and O–H groups in total. The molecule has 1 saturated carbocycles. The minimum Gasteiger partial charge on any atom is -0.497 e. The standard InChI is InChI=1S/C27H33BrN2O3S/c1-4-13-30-14-12-26(20-6-5-7-23(15-20)32-2)17-22(10-11-27(26,19-30)33-3)29-25(31)9-8-24-16-21(28)18-34-24/h4-9,15-16,18,22H,1,10-14,17,19H2,2-3H3,(H,29,31)/b9-8+/t22-,26-,27-/m0/s1. The molecule has 2 fully saturated rings. The lowest BCUT2D eigenvalue weighted by molar-refractivity contribution is -0.148. The van der Waals surface area contributed by atoms with E-state index >= 15 is 0 Å². The predicted octanol–water partition coefficient (Wildman–Crippen LogP) is 5.42. The van der Waals surface area contributed by atoms with E-state index in [1.165, 1.54) is 5.56 Å². The van der Waals surface area contributed by atoms with E-state index in [1.807, 2.05) is 36.8 Å². The summed E-state index contributed by atoms with van der Waals surface area (Å²) in [5.74, 6) is 0.797. The van der Waals surface area contributed by atoms with Crippen molar-refractivity contribution in [3.05, 3.63) is 69.4 Å². The van der Waals surface area contributed by atoms with Crippen LogP contribution < -0.4 is 10.1 Å². The van der Waals surface area contributed by atoms with Crippen molar-refractivity contribution in [2.75, 3.05) is 33.9 Å². The number of halogens is 1. The molecule has 2 aliphatic rings. The number of piperidine rings is 1. The zero-order valence-electron chi connectivity index (χ0n) is 19.9. The van der Waals surface area contributed by atoms with E-state index in [0.29, 0.717) is 0 Å². The van der Waals surface area contributed by atoms with Gasteiger partial charge in [-0.3, -0.25) is 9.69 Å². The number of nitrogens with zero attached hydrogens (tertiary/aromatic N) is 1. The minimum atomic E-state index is -0.332. The number of amides is 1. The van der Waals surface area contributed by atoms with Crippen LogP contribution >= 0.6 is 27.3 Å². The van der Waals surface area contributed by atoms with Crippen LogP contribution in [-0.2, 0) is 14.9 Å². The molecule has 4 rings (SSSR count). The van der Waals surface area contributed by atoms with Crippen molar-refractivity contribution in [3.8, 4) is 5.75 Å². The van der Waals surface area contributed by atoms with Crippen LogP contribution in [0.25, 0.3) is 6.08 Å². The predicted molar refractivity (Wildman–Crippen MR) is 143 cm³/mol. The quantitative estimate of drug-likeness (QED) is 0.356. The monoisotopic (exact) mass is 544 g/mol. The number of carbonyl (C=O) groups is 1. The number of methoxy groups -OCH3 is 2. The molecule has 1 saturated heterocycles. The Hall–Kier alpha value is -1.93. The lowest BCUT2D eigenvalue weighted by Crippen LogP contribution is -2.67. The number of hydrogen-bond donors (Lipinski definition) is 1. The van der Waals surface area contributed by atoms with E-state index in [1.54, 1.807) is 24.5 Å². The molecule has 1 aromatic carbocycles. The zero-order valence-corrected chi connectivity index (χ0v) is 22.3. The van der Waals surface area contributed by atoms with Crippen LogP contribution in [0.2, 0.25) is 0 Å². The van der Waals surface area contributed by atoms with Crippen molar-refractivity contribution >= 4 is 39.2 Å². The second-order valence-corrected chi connectivity index (χ2v) is 11.1. The average molecular weight is 546 g/mol. The first-order valence-electron chi connectivity index (χ1n) is 11.7. The molecule has 0 unspecified atom stereocenters. The van der Waals surface area contributed by atoms with Gasteiger partial charge in [-0.2, -0.15) is 0 Å². The van der Waals surface area contributed by atoms with Gasteiger partial charge in [-0.15, -0.1) is 17.9 Å². The Balaban J connectivity index is 1.60. The number of hydrogen-bond acceptors (Lipinski definition) is 5. The third kappa shape index (κ3) is 5.03. The summed E-state index contributed by atoms with van der Waals surface area (Å²) in [5, 5.41) is 5.29. The molecule has 3 atom stereocenters. The molecular formula is C27H33BrN2O3S. The van der Waals surface area contributed by atoms with Crippen molar-refractivity contribution in [3.63, 3.8) is 0 Å². The summed E-state index contributed by atoms with van der Waals surface area (Å²) in [5.41, 5.74) is 0.679. The van der Waals surface area contributed by atoms with Gasteiger partial charge in [0.2, 0.25) is 5.91 Å². The largest absolute Gasteiger partial charge is 0.497 e. The summed E-state index contributed by atoms with van der Waals surface area (Å²) in [6.07, 6.45) is 9.02. The average Bonchev–Trinajstić information content (AvgIpc) is 3.28. The smallest absolute Gasteiger partial charge is 0.244 e. The topological polar surface area (TPSA) is 50.8 Å². The van der Waals surface area contributed by atoms with Gasteiger partial charge in [0.15, 0.2) is 0 Å². The molecular weight excluding hydrogens is 512 g/mol. The Morgan fingerprint density at radius 3 is 2.91 bits per heavy atom. The van der Waals surface area contributed by atoms with E-state index in [0.717, 1.165) is 60.4 Å². The van der Waals surface area contributed by atoms with Crippen molar-refractivity contribution in [2.24, 2.45) is 0 Å². The lowest BCUT2D eigenvalue weighted by atomic mass is 9.55. The van der Waals surface area contributed by atoms with Gasteiger partial charge in [0.1, 0.15) is 5.75 Å². The van der Waals surface area contributed by atoms with E-state index < -0.39 is 0 Å². The first kappa shape index (κ1) is 25.2. The molecule has 1 aliphatic heterocycles. The maximum atomic E-state index is 12.8. The highest BCUT2D eigenvalue weighted by Crippen LogP contribution is 2.53. The molecule has 34 heavy (non-hydrogen) atoms. The molecule has 2 aromatic rings. The van der Waals surface area contributed by atoms with Crippen molar-refractivity contribution < 1.29 is 14.3 Å². The summed E-state index contributed by atoms with van der Waals surface area (Å²) in [7, 11) is 3.54. The fourth-order valence-electron chi connectivity index (χ4n) is 5.80. The number of likely N-dealkylation sites (tertiary alicyclic amines) is 1. The Morgan fingerprint density at radius 2 is 2.21 bits per heavy atom. The molecule has 7 heteroatoms. The number of benzene rings is 1. The molecule has 0 bridgehead atoms. The first-order chi connectivity index (χ1) is 16.4. The summed E-state index contributed by atoms with van der Waals surface area (Å²) in [4.78, 5) is 16.3.